The number of fused-ring (bicyclic) bond motifs is 1. The molecule has 11 heteroatoms. The van der Waals surface area contributed by atoms with E-state index in [9.17, 15) is 22.8 Å². The number of nitrogens with zero attached hydrogens (tertiary/aromatic N) is 1. The van der Waals surface area contributed by atoms with Crippen molar-refractivity contribution in [1.82, 2.24) is 4.31 Å². The van der Waals surface area contributed by atoms with Gasteiger partial charge in [0.25, 0.3) is 5.91 Å². The number of esters is 2. The van der Waals surface area contributed by atoms with Crippen LogP contribution in [0.2, 0.25) is 0 Å². The summed E-state index contributed by atoms with van der Waals surface area (Å²) < 4.78 is 35.4. The van der Waals surface area contributed by atoms with Crippen LogP contribution in [0.5, 0.6) is 0 Å². The Labute approximate surface area is 192 Å². The van der Waals surface area contributed by atoms with Crippen molar-refractivity contribution in [2.45, 2.75) is 65.0 Å². The molecule has 1 aliphatic heterocycles. The van der Waals surface area contributed by atoms with Crippen molar-refractivity contribution >= 4 is 44.2 Å². The second kappa shape index (κ2) is 9.88. The molecule has 1 fully saturated rings. The van der Waals surface area contributed by atoms with Gasteiger partial charge in [0.2, 0.25) is 10.0 Å². The lowest BCUT2D eigenvalue weighted by atomic mass is 9.88. The second-order valence-corrected chi connectivity index (χ2v) is 11.4. The third-order valence-electron chi connectivity index (χ3n) is 5.79. The van der Waals surface area contributed by atoms with Crippen LogP contribution < -0.4 is 5.32 Å². The highest BCUT2D eigenvalue weighted by Gasteiger charge is 2.39. The van der Waals surface area contributed by atoms with Crippen molar-refractivity contribution in [1.29, 1.82) is 0 Å². The van der Waals surface area contributed by atoms with E-state index in [0.29, 0.717) is 29.3 Å². The molecule has 3 rings (SSSR count). The molecule has 0 saturated carbocycles. The molecular formula is C21H30N2O7S2. The number of anilines is 1. The first kappa shape index (κ1) is 24.7. The Balaban J connectivity index is 1.74. The maximum atomic E-state index is 12.8. The quantitative estimate of drug-likeness (QED) is 0.588. The van der Waals surface area contributed by atoms with Crippen LogP contribution in [-0.4, -0.2) is 62.1 Å². The van der Waals surface area contributed by atoms with Crippen LogP contribution in [0.1, 0.15) is 60.8 Å². The number of sulfonamides is 1. The van der Waals surface area contributed by atoms with Gasteiger partial charge in [0.15, 0.2) is 6.10 Å². The van der Waals surface area contributed by atoms with Crippen LogP contribution in [0.3, 0.4) is 0 Å². The molecule has 3 unspecified atom stereocenters. The van der Waals surface area contributed by atoms with Gasteiger partial charge in [-0.15, -0.1) is 11.3 Å². The molecule has 2 aliphatic rings. The van der Waals surface area contributed by atoms with Crippen molar-refractivity contribution in [2.75, 3.05) is 24.7 Å². The van der Waals surface area contributed by atoms with Crippen LogP contribution in [0.4, 0.5) is 5.00 Å². The lowest BCUT2D eigenvalue weighted by molar-refractivity contribution is -0.156. The number of hydrogen-bond donors (Lipinski definition) is 1. The zero-order valence-corrected chi connectivity index (χ0v) is 20.4. The second-order valence-electron chi connectivity index (χ2n) is 8.38. The number of carbonyl (C=O) groups excluding carboxylic acids is 3. The lowest BCUT2D eigenvalue weighted by Crippen LogP contribution is -2.43. The van der Waals surface area contributed by atoms with Gasteiger partial charge in [0, 0.05) is 11.4 Å². The predicted molar refractivity (Wildman–Crippen MR) is 120 cm³/mol. The molecule has 0 bridgehead atoms. The van der Waals surface area contributed by atoms with Crippen LogP contribution in [-0.2, 0) is 41.9 Å². The van der Waals surface area contributed by atoms with Gasteiger partial charge < -0.3 is 14.8 Å². The van der Waals surface area contributed by atoms with Gasteiger partial charge in [-0.2, -0.15) is 4.31 Å². The van der Waals surface area contributed by atoms with E-state index in [0.717, 1.165) is 40.3 Å². The van der Waals surface area contributed by atoms with Gasteiger partial charge in [0.1, 0.15) is 11.0 Å². The first-order valence-corrected chi connectivity index (χ1v) is 13.5. The smallest absolute Gasteiger partial charge is 0.341 e. The Morgan fingerprint density at radius 2 is 2.00 bits per heavy atom. The maximum Gasteiger partial charge on any atom is 0.341 e. The monoisotopic (exact) mass is 486 g/mol. The van der Waals surface area contributed by atoms with Crippen LogP contribution in [0.15, 0.2) is 0 Å². The van der Waals surface area contributed by atoms with E-state index in [4.69, 9.17) is 9.47 Å². The number of nitrogens with one attached hydrogen (secondary N) is 1. The fourth-order valence-corrected chi connectivity index (χ4v) is 6.67. The summed E-state index contributed by atoms with van der Waals surface area (Å²) in [4.78, 5) is 39.0. The standard InChI is InChI=1S/C21H30N2O7S2/c1-5-29-21(26)17-14-9-8-12(2)11-16(14)31-19(17)22-18(24)13(3)30-20(25)15-7-6-10-23(15)32(4,27)28/h12-13,15H,5-11H2,1-4H3,(H,22,24). The van der Waals surface area contributed by atoms with E-state index in [2.05, 4.69) is 12.2 Å². The first-order chi connectivity index (χ1) is 15.0. The van der Waals surface area contributed by atoms with E-state index in [1.54, 1.807) is 6.92 Å². The van der Waals surface area contributed by atoms with Crippen molar-refractivity contribution in [3.05, 3.63) is 16.0 Å². The summed E-state index contributed by atoms with van der Waals surface area (Å²) in [6.07, 6.45) is 3.32. The molecule has 2 heterocycles. The maximum absolute atomic E-state index is 12.8. The van der Waals surface area contributed by atoms with E-state index < -0.39 is 40.0 Å². The zero-order valence-electron chi connectivity index (χ0n) is 18.8. The summed E-state index contributed by atoms with van der Waals surface area (Å²) >= 11 is 1.35. The third kappa shape index (κ3) is 5.32. The predicted octanol–water partition coefficient (Wildman–Crippen LogP) is 2.34. The molecule has 0 spiro atoms. The van der Waals surface area contributed by atoms with Gasteiger partial charge >= 0.3 is 11.9 Å². The van der Waals surface area contributed by atoms with Crippen LogP contribution >= 0.6 is 11.3 Å². The Kier molecular flexibility index (Phi) is 7.61. The van der Waals surface area contributed by atoms with Gasteiger partial charge in [-0.3, -0.25) is 9.59 Å². The van der Waals surface area contributed by atoms with E-state index in [-0.39, 0.29) is 13.2 Å². The molecule has 3 atom stereocenters. The first-order valence-electron chi connectivity index (χ1n) is 10.8. The number of rotatable bonds is 7. The Morgan fingerprint density at radius 1 is 1.28 bits per heavy atom. The largest absolute Gasteiger partial charge is 0.462 e. The highest BCUT2D eigenvalue weighted by molar-refractivity contribution is 7.88. The molecule has 1 saturated heterocycles. The SMILES string of the molecule is CCOC(=O)c1c(NC(=O)C(C)OC(=O)C2CCCN2S(C)(=O)=O)sc2c1CCC(C)C2. The zero-order chi connectivity index (χ0) is 23.6. The molecule has 1 amide bonds. The highest BCUT2D eigenvalue weighted by atomic mass is 32.2. The van der Waals surface area contributed by atoms with Crippen LogP contribution in [0, 0.1) is 5.92 Å². The van der Waals surface area contributed by atoms with E-state index in [1.165, 1.54) is 18.3 Å². The molecule has 32 heavy (non-hydrogen) atoms. The topological polar surface area (TPSA) is 119 Å². The molecule has 1 aromatic heterocycles. The summed E-state index contributed by atoms with van der Waals surface area (Å²) in [7, 11) is -3.55. The number of hydrogen-bond acceptors (Lipinski definition) is 8. The Hall–Kier alpha value is -1.98. The van der Waals surface area contributed by atoms with Gasteiger partial charge in [-0.1, -0.05) is 6.92 Å². The summed E-state index contributed by atoms with van der Waals surface area (Å²) in [5.74, 6) is -1.32. The number of amides is 1. The molecular weight excluding hydrogens is 456 g/mol. The number of ether oxygens (including phenoxy) is 2. The molecule has 9 nitrogen and oxygen atoms in total. The van der Waals surface area contributed by atoms with E-state index >= 15 is 0 Å². The number of thiophene rings is 1. The van der Waals surface area contributed by atoms with Crippen molar-refractivity contribution in [3.8, 4) is 0 Å². The summed E-state index contributed by atoms with van der Waals surface area (Å²) in [6, 6.07) is -0.925. The number of carbonyl (C=O) groups is 3. The molecule has 178 valence electrons. The summed E-state index contributed by atoms with van der Waals surface area (Å²) in [6.45, 7) is 5.77. The minimum atomic E-state index is -3.55. The summed E-state index contributed by atoms with van der Waals surface area (Å²) in [5.41, 5.74) is 1.30. The molecule has 1 aromatic rings. The molecule has 1 aliphatic carbocycles. The van der Waals surface area contributed by atoms with Gasteiger partial charge in [-0.25, -0.2) is 13.2 Å². The van der Waals surface area contributed by atoms with Gasteiger partial charge in [0.05, 0.1) is 18.4 Å². The molecule has 0 aromatic carbocycles. The average molecular weight is 487 g/mol. The minimum absolute atomic E-state index is 0.222. The normalized spacial score (nSPS) is 22.1. The van der Waals surface area contributed by atoms with Gasteiger partial charge in [-0.05, 0) is 57.4 Å². The Bertz CT molecular complexity index is 1000. The fourth-order valence-electron chi connectivity index (χ4n) is 4.15. The van der Waals surface area contributed by atoms with Crippen molar-refractivity contribution in [2.24, 2.45) is 5.92 Å². The average Bonchev–Trinajstić information content (AvgIpc) is 3.32. The molecule has 0 radical (unpaired) electrons. The summed E-state index contributed by atoms with van der Waals surface area (Å²) in [5, 5.41) is 3.13. The minimum Gasteiger partial charge on any atom is -0.462 e. The molecule has 1 N–H and O–H groups in total. The fraction of sp³-hybridized carbons (Fsp3) is 0.667. The lowest BCUT2D eigenvalue weighted by Gasteiger charge is -2.22. The van der Waals surface area contributed by atoms with Crippen LogP contribution in [0.25, 0.3) is 0 Å². The van der Waals surface area contributed by atoms with Crippen molar-refractivity contribution in [3.63, 3.8) is 0 Å². The third-order valence-corrected chi connectivity index (χ3v) is 8.25. The Morgan fingerprint density at radius 3 is 2.66 bits per heavy atom. The highest BCUT2D eigenvalue weighted by Crippen LogP contribution is 2.40. The van der Waals surface area contributed by atoms with Crippen molar-refractivity contribution < 1.29 is 32.3 Å². The van der Waals surface area contributed by atoms with E-state index in [1.807, 2.05) is 0 Å².